The average molecular weight is 245 g/mol. The molecule has 4 heterocycles. The summed E-state index contributed by atoms with van der Waals surface area (Å²) in [7, 11) is 0. The first-order chi connectivity index (χ1) is 8.39. The van der Waals surface area contributed by atoms with Gasteiger partial charge in [-0.05, 0) is 30.8 Å². The summed E-state index contributed by atoms with van der Waals surface area (Å²) in [6, 6.07) is 4.30. The van der Waals surface area contributed by atoms with Gasteiger partial charge in [-0.2, -0.15) is 0 Å². The second-order valence-electron chi connectivity index (χ2n) is 5.05. The molecule has 4 rings (SSSR count). The van der Waals surface area contributed by atoms with Crippen molar-refractivity contribution >= 4 is 11.3 Å². The summed E-state index contributed by atoms with van der Waals surface area (Å²) in [5.41, 5.74) is 1.63. The molecule has 0 bridgehead atoms. The van der Waals surface area contributed by atoms with Crippen LogP contribution in [0.15, 0.2) is 23.7 Å². The first kappa shape index (κ1) is 9.85. The minimum atomic E-state index is 0.329. The summed E-state index contributed by atoms with van der Waals surface area (Å²) in [6.07, 6.45) is 4.55. The van der Waals surface area contributed by atoms with E-state index in [0.29, 0.717) is 5.41 Å². The van der Waals surface area contributed by atoms with Crippen LogP contribution in [0, 0.1) is 0 Å². The molecule has 2 aromatic heterocycles. The summed E-state index contributed by atoms with van der Waals surface area (Å²) in [6.45, 7) is 3.37. The summed E-state index contributed by atoms with van der Waals surface area (Å²) in [5.74, 6) is 1.31. The predicted octanol–water partition coefficient (Wildman–Crippen LogP) is 2.25. The van der Waals surface area contributed by atoms with Crippen molar-refractivity contribution < 1.29 is 0 Å². The maximum atomic E-state index is 4.72. The fraction of sp³-hybridized carbons (Fsp3) is 0.462. The van der Waals surface area contributed by atoms with Gasteiger partial charge in [-0.1, -0.05) is 6.07 Å². The molecule has 1 fully saturated rings. The Bertz CT molecular complexity index is 535. The van der Waals surface area contributed by atoms with Crippen molar-refractivity contribution in [2.45, 2.75) is 24.8 Å². The molecule has 88 valence electrons. The Balaban J connectivity index is 1.83. The van der Waals surface area contributed by atoms with Gasteiger partial charge in [0.2, 0.25) is 0 Å². The second-order valence-corrected chi connectivity index (χ2v) is 6.00. The molecule has 4 heteroatoms. The lowest BCUT2D eigenvalue weighted by Crippen LogP contribution is -2.26. The van der Waals surface area contributed by atoms with Gasteiger partial charge in [0, 0.05) is 18.5 Å². The predicted molar refractivity (Wildman–Crippen MR) is 69.3 cm³/mol. The number of rotatable bonds is 1. The van der Waals surface area contributed by atoms with E-state index in [-0.39, 0.29) is 0 Å². The molecule has 1 atom stereocenters. The lowest BCUT2D eigenvalue weighted by Gasteiger charge is -2.18. The molecule has 1 saturated heterocycles. The van der Waals surface area contributed by atoms with Gasteiger partial charge >= 0.3 is 0 Å². The van der Waals surface area contributed by atoms with Crippen molar-refractivity contribution in [1.29, 1.82) is 0 Å². The van der Waals surface area contributed by atoms with Crippen LogP contribution in [-0.2, 0) is 12.0 Å². The van der Waals surface area contributed by atoms with Crippen LogP contribution >= 0.6 is 11.3 Å². The highest BCUT2D eigenvalue weighted by molar-refractivity contribution is 7.13. The Kier molecular flexibility index (Phi) is 1.99. The number of nitrogens with zero attached hydrogens (tertiary/aromatic N) is 2. The van der Waals surface area contributed by atoms with E-state index in [9.17, 15) is 0 Å². The van der Waals surface area contributed by atoms with E-state index in [1.165, 1.54) is 29.2 Å². The van der Waals surface area contributed by atoms with Crippen LogP contribution in [0.1, 0.15) is 18.7 Å². The van der Waals surface area contributed by atoms with Crippen molar-refractivity contribution in [3.05, 3.63) is 29.5 Å². The normalized spacial score (nSPS) is 26.8. The molecule has 3 nitrogen and oxygen atoms in total. The van der Waals surface area contributed by atoms with Crippen LogP contribution in [0.5, 0.6) is 0 Å². The number of hydrogen-bond acceptors (Lipinski definition) is 3. The van der Waals surface area contributed by atoms with Crippen LogP contribution in [0.25, 0.3) is 10.6 Å². The lowest BCUT2D eigenvalue weighted by atomic mass is 9.85. The van der Waals surface area contributed by atoms with Crippen molar-refractivity contribution in [1.82, 2.24) is 14.9 Å². The highest BCUT2D eigenvalue weighted by Crippen LogP contribution is 2.41. The van der Waals surface area contributed by atoms with Crippen molar-refractivity contribution in [2.75, 3.05) is 13.1 Å². The maximum Gasteiger partial charge on any atom is 0.116 e. The standard InChI is InChI=1S/C13H15N3S/c1-2-11(17-7-1)10-8-15-12-13(3-5-14-9-13)4-6-16(10)12/h1-2,7-8,14H,3-6,9H2. The maximum absolute atomic E-state index is 4.72. The number of imidazole rings is 1. The molecule has 0 amide bonds. The molecule has 2 aromatic rings. The molecule has 0 saturated carbocycles. The highest BCUT2D eigenvalue weighted by Gasteiger charge is 2.43. The van der Waals surface area contributed by atoms with E-state index in [1.54, 1.807) is 11.3 Å². The van der Waals surface area contributed by atoms with E-state index < -0.39 is 0 Å². The Hall–Kier alpha value is -1.13. The van der Waals surface area contributed by atoms with Gasteiger partial charge in [0.05, 0.1) is 16.8 Å². The molecule has 1 unspecified atom stereocenters. The van der Waals surface area contributed by atoms with Crippen molar-refractivity contribution in [2.24, 2.45) is 0 Å². The third-order valence-electron chi connectivity index (χ3n) is 4.16. The molecule has 0 radical (unpaired) electrons. The Morgan fingerprint density at radius 3 is 3.18 bits per heavy atom. The molecular formula is C13H15N3S. The molecule has 0 aromatic carbocycles. The molecule has 17 heavy (non-hydrogen) atoms. The fourth-order valence-electron chi connectivity index (χ4n) is 3.23. The molecule has 2 aliphatic rings. The second kappa shape index (κ2) is 3.43. The lowest BCUT2D eigenvalue weighted by molar-refractivity contribution is 0.457. The van der Waals surface area contributed by atoms with E-state index in [2.05, 4.69) is 33.6 Å². The molecule has 1 spiro atoms. The number of nitrogens with one attached hydrogen (secondary N) is 1. The topological polar surface area (TPSA) is 29.9 Å². The fourth-order valence-corrected chi connectivity index (χ4v) is 3.98. The van der Waals surface area contributed by atoms with E-state index in [4.69, 9.17) is 4.98 Å². The number of thiophene rings is 1. The number of fused-ring (bicyclic) bond motifs is 2. The Labute approximate surface area is 104 Å². The minimum absolute atomic E-state index is 0.329. The van der Waals surface area contributed by atoms with Gasteiger partial charge in [-0.15, -0.1) is 11.3 Å². The zero-order chi connectivity index (χ0) is 11.3. The summed E-state index contributed by atoms with van der Waals surface area (Å²) >= 11 is 1.80. The minimum Gasteiger partial charge on any atom is -0.327 e. The van der Waals surface area contributed by atoms with Crippen molar-refractivity contribution in [3.63, 3.8) is 0 Å². The van der Waals surface area contributed by atoms with Gasteiger partial charge in [0.1, 0.15) is 5.82 Å². The highest BCUT2D eigenvalue weighted by atomic mass is 32.1. The van der Waals surface area contributed by atoms with Crippen LogP contribution < -0.4 is 5.32 Å². The zero-order valence-electron chi connectivity index (χ0n) is 9.65. The quantitative estimate of drug-likeness (QED) is 0.835. The van der Waals surface area contributed by atoms with Crippen LogP contribution in [0.2, 0.25) is 0 Å². The molecular weight excluding hydrogens is 230 g/mol. The molecule has 1 N–H and O–H groups in total. The monoisotopic (exact) mass is 245 g/mol. The van der Waals surface area contributed by atoms with Gasteiger partial charge < -0.3 is 9.88 Å². The van der Waals surface area contributed by atoms with Gasteiger partial charge in [-0.25, -0.2) is 4.98 Å². The van der Waals surface area contributed by atoms with Crippen LogP contribution in [0.4, 0.5) is 0 Å². The number of aromatic nitrogens is 2. The zero-order valence-corrected chi connectivity index (χ0v) is 10.5. The number of hydrogen-bond donors (Lipinski definition) is 1. The van der Waals surface area contributed by atoms with Crippen molar-refractivity contribution in [3.8, 4) is 10.6 Å². The van der Waals surface area contributed by atoms with Gasteiger partial charge in [0.15, 0.2) is 0 Å². The SMILES string of the molecule is c1csc(-c2cnc3n2CCC32CCNC2)c1. The van der Waals surface area contributed by atoms with Gasteiger partial charge in [-0.3, -0.25) is 0 Å². The van der Waals surface area contributed by atoms with Crippen LogP contribution in [-0.4, -0.2) is 22.6 Å². The summed E-state index contributed by atoms with van der Waals surface area (Å²) < 4.78 is 2.43. The summed E-state index contributed by atoms with van der Waals surface area (Å²) in [5, 5.41) is 5.63. The Morgan fingerprint density at radius 1 is 1.41 bits per heavy atom. The largest absolute Gasteiger partial charge is 0.327 e. The summed E-state index contributed by atoms with van der Waals surface area (Å²) in [4.78, 5) is 6.06. The third kappa shape index (κ3) is 1.28. The van der Waals surface area contributed by atoms with Crippen LogP contribution in [0.3, 0.4) is 0 Å². The Morgan fingerprint density at radius 2 is 2.41 bits per heavy atom. The van der Waals surface area contributed by atoms with E-state index in [1.807, 2.05) is 0 Å². The molecule has 0 aliphatic carbocycles. The smallest absolute Gasteiger partial charge is 0.116 e. The van der Waals surface area contributed by atoms with Gasteiger partial charge in [0.25, 0.3) is 0 Å². The average Bonchev–Trinajstić information content (AvgIpc) is 3.09. The molecule has 2 aliphatic heterocycles. The third-order valence-corrected chi connectivity index (χ3v) is 5.05. The van der Waals surface area contributed by atoms with E-state index in [0.717, 1.165) is 19.6 Å². The first-order valence-electron chi connectivity index (χ1n) is 6.20. The first-order valence-corrected chi connectivity index (χ1v) is 7.08. The van der Waals surface area contributed by atoms with E-state index >= 15 is 0 Å².